The van der Waals surface area contributed by atoms with Crippen molar-refractivity contribution in [2.45, 2.75) is 5.78 Å². The van der Waals surface area contributed by atoms with Crippen LogP contribution in [0.2, 0.25) is 0 Å². The molecule has 0 fully saturated rings. The van der Waals surface area contributed by atoms with E-state index in [-0.39, 0.29) is 13.7 Å². The summed E-state index contributed by atoms with van der Waals surface area (Å²) in [5, 5.41) is 1.44. The van der Waals surface area contributed by atoms with Gasteiger partial charge in [0.15, 0.2) is 0 Å². The molecule has 2 atom stereocenters. The zero-order chi connectivity index (χ0) is 15.0. The van der Waals surface area contributed by atoms with Gasteiger partial charge in [0, 0.05) is 18.0 Å². The summed E-state index contributed by atoms with van der Waals surface area (Å²) < 4.78 is 11.2. The lowest BCUT2D eigenvalue weighted by atomic mass is 10.1. The van der Waals surface area contributed by atoms with Gasteiger partial charge in [0.1, 0.15) is 11.5 Å². The van der Waals surface area contributed by atoms with Gasteiger partial charge >= 0.3 is 0 Å². The average molecular weight is 301 g/mol. The number of para-hydroxylation sites is 1. The van der Waals surface area contributed by atoms with Crippen molar-refractivity contribution < 1.29 is 9.47 Å². The van der Waals surface area contributed by atoms with Crippen LogP contribution in [0.4, 0.5) is 5.69 Å². The van der Waals surface area contributed by atoms with Crippen molar-refractivity contribution >= 4 is 18.9 Å². The molecule has 2 aromatic carbocycles. The van der Waals surface area contributed by atoms with Gasteiger partial charge in [-0.05, 0) is 32.8 Å². The van der Waals surface area contributed by atoms with Gasteiger partial charge in [-0.1, -0.05) is 24.3 Å². The number of methoxy groups -OCH3 is 2. The predicted molar refractivity (Wildman–Crippen MR) is 89.6 cm³/mol. The van der Waals surface area contributed by atoms with Gasteiger partial charge in [-0.15, -0.1) is 0 Å². The number of rotatable bonds is 3. The van der Waals surface area contributed by atoms with Crippen LogP contribution >= 0.6 is 7.92 Å². The van der Waals surface area contributed by atoms with Crippen molar-refractivity contribution in [1.29, 1.82) is 0 Å². The molecule has 1 heterocycles. The summed E-state index contributed by atoms with van der Waals surface area (Å²) in [6, 6.07) is 14.6. The highest BCUT2D eigenvalue weighted by Gasteiger charge is 2.37. The lowest BCUT2D eigenvalue weighted by molar-refractivity contribution is 0.384. The molecule has 0 bridgehead atoms. The highest BCUT2D eigenvalue weighted by Crippen LogP contribution is 2.59. The molecule has 2 unspecified atom stereocenters. The molecule has 4 heteroatoms. The second-order valence-electron chi connectivity index (χ2n) is 5.16. The smallest absolute Gasteiger partial charge is 0.128 e. The SMILES string of the molecule is COc1cccc(OC)c1C1N(C)c2ccccc2P1C. The van der Waals surface area contributed by atoms with Crippen molar-refractivity contribution in [3.63, 3.8) is 0 Å². The van der Waals surface area contributed by atoms with Crippen LogP contribution in [0, 0.1) is 0 Å². The maximum Gasteiger partial charge on any atom is 0.128 e. The monoisotopic (exact) mass is 301 g/mol. The molecule has 2 aromatic rings. The molecule has 3 rings (SSSR count). The van der Waals surface area contributed by atoms with Crippen LogP contribution in [-0.2, 0) is 0 Å². The Hall–Kier alpha value is -1.73. The van der Waals surface area contributed by atoms with E-state index in [1.807, 2.05) is 18.2 Å². The normalized spacial score (nSPS) is 20.3. The summed E-state index contributed by atoms with van der Waals surface area (Å²) in [4.78, 5) is 2.35. The molecule has 110 valence electrons. The number of ether oxygens (including phenoxy) is 2. The molecule has 0 N–H and O–H groups in total. The third kappa shape index (κ3) is 2.16. The number of hydrogen-bond donors (Lipinski definition) is 0. The fourth-order valence-corrected chi connectivity index (χ4v) is 5.57. The fourth-order valence-electron chi connectivity index (χ4n) is 3.11. The van der Waals surface area contributed by atoms with E-state index in [2.05, 4.69) is 42.9 Å². The van der Waals surface area contributed by atoms with Crippen LogP contribution in [0.1, 0.15) is 11.3 Å². The Morgan fingerprint density at radius 3 is 2.14 bits per heavy atom. The fraction of sp³-hybridized carbons (Fsp3) is 0.294. The van der Waals surface area contributed by atoms with Gasteiger partial charge in [0.25, 0.3) is 0 Å². The van der Waals surface area contributed by atoms with E-state index < -0.39 is 0 Å². The summed E-state index contributed by atoms with van der Waals surface area (Å²) in [5.74, 6) is 2.07. The van der Waals surface area contributed by atoms with E-state index in [4.69, 9.17) is 9.47 Å². The van der Waals surface area contributed by atoms with E-state index in [0.717, 1.165) is 17.1 Å². The Balaban J connectivity index is 2.15. The Bertz CT molecular complexity index is 608. The van der Waals surface area contributed by atoms with E-state index in [0.29, 0.717) is 0 Å². The Morgan fingerprint density at radius 1 is 0.952 bits per heavy atom. The molecule has 0 saturated heterocycles. The maximum absolute atomic E-state index is 5.60. The zero-order valence-electron chi connectivity index (χ0n) is 12.8. The predicted octanol–water partition coefficient (Wildman–Crippen LogP) is 3.59. The summed E-state index contributed by atoms with van der Waals surface area (Å²) >= 11 is 0. The summed E-state index contributed by atoms with van der Waals surface area (Å²) in [6.45, 7) is 2.33. The van der Waals surface area contributed by atoms with Crippen molar-refractivity contribution in [2.24, 2.45) is 0 Å². The molecular formula is C17H20NO2P. The van der Waals surface area contributed by atoms with E-state index in [1.54, 1.807) is 14.2 Å². The summed E-state index contributed by atoms with van der Waals surface area (Å²) in [7, 11) is 5.26. The molecule has 0 aliphatic carbocycles. The number of benzene rings is 2. The van der Waals surface area contributed by atoms with Gasteiger partial charge in [-0.3, -0.25) is 0 Å². The quantitative estimate of drug-likeness (QED) is 0.809. The lowest BCUT2D eigenvalue weighted by Gasteiger charge is -2.28. The number of anilines is 1. The van der Waals surface area contributed by atoms with E-state index in [1.165, 1.54) is 11.0 Å². The molecule has 21 heavy (non-hydrogen) atoms. The number of hydrogen-bond acceptors (Lipinski definition) is 3. The first-order valence-corrected chi connectivity index (χ1v) is 8.80. The first-order chi connectivity index (χ1) is 10.2. The minimum Gasteiger partial charge on any atom is -0.496 e. The van der Waals surface area contributed by atoms with Gasteiger partial charge in [-0.2, -0.15) is 0 Å². The molecule has 3 nitrogen and oxygen atoms in total. The second-order valence-corrected chi connectivity index (χ2v) is 7.35. The van der Waals surface area contributed by atoms with Crippen molar-refractivity contribution in [3.05, 3.63) is 48.0 Å². The molecule has 1 aliphatic heterocycles. The zero-order valence-corrected chi connectivity index (χ0v) is 13.7. The van der Waals surface area contributed by atoms with Gasteiger partial charge < -0.3 is 14.4 Å². The average Bonchev–Trinajstić information content (AvgIpc) is 2.78. The third-order valence-electron chi connectivity index (χ3n) is 4.10. The van der Waals surface area contributed by atoms with Gasteiger partial charge in [0.2, 0.25) is 0 Å². The minimum absolute atomic E-state index is 0.281. The minimum atomic E-state index is -0.338. The molecule has 0 radical (unpaired) electrons. The topological polar surface area (TPSA) is 21.7 Å². The highest BCUT2D eigenvalue weighted by molar-refractivity contribution is 7.66. The third-order valence-corrected chi connectivity index (χ3v) is 6.58. The standard InChI is InChI=1S/C17H20NO2P/c1-18-12-8-5-6-11-15(12)21(4)17(18)16-13(19-2)9-7-10-14(16)20-3/h5-11,17H,1-4H3. The Kier molecular flexibility index (Phi) is 3.77. The first-order valence-electron chi connectivity index (χ1n) is 6.94. The van der Waals surface area contributed by atoms with Gasteiger partial charge in [-0.25, -0.2) is 0 Å². The Morgan fingerprint density at radius 2 is 1.57 bits per heavy atom. The summed E-state index contributed by atoms with van der Waals surface area (Å²) in [5.41, 5.74) is 2.46. The molecule has 0 saturated carbocycles. The van der Waals surface area contributed by atoms with Gasteiger partial charge in [0.05, 0.1) is 25.6 Å². The van der Waals surface area contributed by atoms with Crippen LogP contribution in [-0.4, -0.2) is 27.9 Å². The second kappa shape index (κ2) is 5.57. The van der Waals surface area contributed by atoms with Crippen LogP contribution in [0.15, 0.2) is 42.5 Å². The van der Waals surface area contributed by atoms with Crippen molar-refractivity contribution in [1.82, 2.24) is 0 Å². The van der Waals surface area contributed by atoms with Crippen molar-refractivity contribution in [2.75, 3.05) is 32.8 Å². The number of nitrogens with zero attached hydrogens (tertiary/aromatic N) is 1. The van der Waals surface area contributed by atoms with Crippen LogP contribution < -0.4 is 19.7 Å². The summed E-state index contributed by atoms with van der Waals surface area (Å²) in [6.07, 6.45) is 0. The van der Waals surface area contributed by atoms with E-state index in [9.17, 15) is 0 Å². The van der Waals surface area contributed by atoms with Crippen molar-refractivity contribution in [3.8, 4) is 11.5 Å². The van der Waals surface area contributed by atoms with E-state index >= 15 is 0 Å². The maximum atomic E-state index is 5.60. The molecule has 0 spiro atoms. The first kappa shape index (κ1) is 14.2. The molecule has 1 aliphatic rings. The largest absolute Gasteiger partial charge is 0.496 e. The highest BCUT2D eigenvalue weighted by atomic mass is 31.1. The molecule has 0 aromatic heterocycles. The molecule has 0 amide bonds. The van der Waals surface area contributed by atoms with Crippen LogP contribution in [0.5, 0.6) is 11.5 Å². The molecular weight excluding hydrogens is 281 g/mol. The van der Waals surface area contributed by atoms with Crippen LogP contribution in [0.3, 0.4) is 0 Å². The number of fused-ring (bicyclic) bond motifs is 1. The lowest BCUT2D eigenvalue weighted by Crippen LogP contribution is -2.19. The van der Waals surface area contributed by atoms with Crippen LogP contribution in [0.25, 0.3) is 0 Å². The Labute approximate surface area is 127 Å².